The van der Waals surface area contributed by atoms with Gasteiger partial charge in [0, 0.05) is 19.8 Å². The molecular formula is C13H24O3Si. The van der Waals surface area contributed by atoms with Gasteiger partial charge in [0.15, 0.2) is 0 Å². The van der Waals surface area contributed by atoms with Gasteiger partial charge in [0.1, 0.15) is 0 Å². The number of allylic oxidation sites excluding steroid dienone is 4. The average Bonchev–Trinajstić information content (AvgIpc) is 2.82. The maximum Gasteiger partial charge on any atom is 0.508 e. The molecule has 0 radical (unpaired) electrons. The third-order valence-corrected chi connectivity index (χ3v) is 6.33. The molecule has 0 N–H and O–H groups in total. The van der Waals surface area contributed by atoms with Crippen LogP contribution in [0.3, 0.4) is 0 Å². The van der Waals surface area contributed by atoms with Crippen LogP contribution in [0.2, 0.25) is 5.54 Å². The van der Waals surface area contributed by atoms with Crippen LogP contribution in [0.4, 0.5) is 0 Å². The first-order valence-electron chi connectivity index (χ1n) is 6.48. The first-order valence-corrected chi connectivity index (χ1v) is 8.28. The highest BCUT2D eigenvalue weighted by molar-refractivity contribution is 6.63. The largest absolute Gasteiger partial charge is 0.508 e. The van der Waals surface area contributed by atoms with Crippen molar-refractivity contribution in [1.29, 1.82) is 0 Å². The molecule has 0 saturated carbocycles. The van der Waals surface area contributed by atoms with Crippen LogP contribution in [0.25, 0.3) is 0 Å². The standard InChI is InChI=1S/C13H24O3Si/c1-5-14-17(15-6-2,16-7-3)12(4)13-10-8-9-11-13/h8,10-12H,5-7,9H2,1-4H3. The van der Waals surface area contributed by atoms with Gasteiger partial charge in [-0.1, -0.05) is 25.2 Å². The summed E-state index contributed by atoms with van der Waals surface area (Å²) in [5.74, 6) is 0. The Bertz CT molecular complexity index is 269. The molecular weight excluding hydrogens is 232 g/mol. The fourth-order valence-electron chi connectivity index (χ4n) is 2.11. The van der Waals surface area contributed by atoms with E-state index >= 15 is 0 Å². The van der Waals surface area contributed by atoms with Gasteiger partial charge in [-0.2, -0.15) is 0 Å². The normalized spacial score (nSPS) is 17.3. The summed E-state index contributed by atoms with van der Waals surface area (Å²) < 4.78 is 17.7. The van der Waals surface area contributed by atoms with Crippen molar-refractivity contribution in [3.8, 4) is 0 Å². The van der Waals surface area contributed by atoms with Gasteiger partial charge in [0.2, 0.25) is 0 Å². The fourth-order valence-corrected chi connectivity index (χ4v) is 4.93. The van der Waals surface area contributed by atoms with Crippen molar-refractivity contribution in [3.05, 3.63) is 23.8 Å². The van der Waals surface area contributed by atoms with E-state index in [1.807, 2.05) is 20.8 Å². The summed E-state index contributed by atoms with van der Waals surface area (Å²) in [4.78, 5) is 0. The molecule has 0 bridgehead atoms. The molecule has 1 aliphatic carbocycles. The second-order valence-corrected chi connectivity index (χ2v) is 6.91. The molecule has 0 amide bonds. The second kappa shape index (κ2) is 7.11. The van der Waals surface area contributed by atoms with Crippen LogP contribution < -0.4 is 0 Å². The lowest BCUT2D eigenvalue weighted by Crippen LogP contribution is -2.50. The topological polar surface area (TPSA) is 27.7 Å². The lowest BCUT2D eigenvalue weighted by molar-refractivity contribution is 0.0660. The zero-order chi connectivity index (χ0) is 12.7. The first-order chi connectivity index (χ1) is 8.20. The molecule has 1 rings (SSSR count). The van der Waals surface area contributed by atoms with Crippen LogP contribution in [-0.2, 0) is 13.3 Å². The Hall–Kier alpha value is -0.423. The molecule has 0 spiro atoms. The summed E-state index contributed by atoms with van der Waals surface area (Å²) in [6.07, 6.45) is 7.55. The smallest absolute Gasteiger partial charge is 0.373 e. The molecule has 0 aliphatic heterocycles. The van der Waals surface area contributed by atoms with Crippen molar-refractivity contribution in [2.24, 2.45) is 0 Å². The van der Waals surface area contributed by atoms with E-state index in [-0.39, 0.29) is 5.54 Å². The summed E-state index contributed by atoms with van der Waals surface area (Å²) in [5, 5.41) is 0. The molecule has 98 valence electrons. The monoisotopic (exact) mass is 256 g/mol. The third kappa shape index (κ3) is 3.52. The maximum atomic E-state index is 5.90. The quantitative estimate of drug-likeness (QED) is 0.624. The summed E-state index contributed by atoms with van der Waals surface area (Å²) in [7, 11) is -2.58. The summed E-state index contributed by atoms with van der Waals surface area (Å²) in [6.45, 7) is 10.0. The van der Waals surface area contributed by atoms with Crippen molar-refractivity contribution in [2.45, 2.75) is 39.7 Å². The van der Waals surface area contributed by atoms with E-state index in [9.17, 15) is 0 Å². The van der Waals surface area contributed by atoms with Gasteiger partial charge in [0.05, 0.1) is 5.54 Å². The molecule has 17 heavy (non-hydrogen) atoms. The SMILES string of the molecule is CCO[Si](OCC)(OCC)C(C)C1=CCC=C1. The van der Waals surface area contributed by atoms with Gasteiger partial charge in [-0.05, 0) is 32.8 Å². The highest BCUT2D eigenvalue weighted by Gasteiger charge is 2.47. The molecule has 0 saturated heterocycles. The fraction of sp³-hybridized carbons (Fsp3) is 0.692. The summed E-state index contributed by atoms with van der Waals surface area (Å²) >= 11 is 0. The Morgan fingerprint density at radius 1 is 1.12 bits per heavy atom. The van der Waals surface area contributed by atoms with E-state index in [2.05, 4.69) is 25.2 Å². The van der Waals surface area contributed by atoms with Gasteiger partial charge in [-0.15, -0.1) is 0 Å². The van der Waals surface area contributed by atoms with Gasteiger partial charge in [0.25, 0.3) is 0 Å². The summed E-state index contributed by atoms with van der Waals surface area (Å²) in [6, 6.07) is 0. The first kappa shape index (κ1) is 14.6. The minimum Gasteiger partial charge on any atom is -0.373 e. The van der Waals surface area contributed by atoms with E-state index < -0.39 is 8.80 Å². The number of hydrogen-bond acceptors (Lipinski definition) is 3. The van der Waals surface area contributed by atoms with E-state index in [4.69, 9.17) is 13.3 Å². The van der Waals surface area contributed by atoms with E-state index in [0.29, 0.717) is 19.8 Å². The lowest BCUT2D eigenvalue weighted by atomic mass is 10.2. The number of rotatable bonds is 8. The predicted molar refractivity (Wildman–Crippen MR) is 71.9 cm³/mol. The molecule has 4 heteroatoms. The van der Waals surface area contributed by atoms with Crippen molar-refractivity contribution in [3.63, 3.8) is 0 Å². The Morgan fingerprint density at radius 2 is 1.65 bits per heavy atom. The Morgan fingerprint density at radius 3 is 2.00 bits per heavy atom. The van der Waals surface area contributed by atoms with Crippen LogP contribution in [0.5, 0.6) is 0 Å². The molecule has 0 aromatic carbocycles. The minimum absolute atomic E-state index is 0.209. The zero-order valence-electron chi connectivity index (χ0n) is 11.4. The Balaban J connectivity index is 2.88. The van der Waals surface area contributed by atoms with Gasteiger partial charge in [-0.3, -0.25) is 0 Å². The molecule has 1 atom stereocenters. The van der Waals surface area contributed by atoms with Crippen LogP contribution in [0.1, 0.15) is 34.1 Å². The zero-order valence-corrected chi connectivity index (χ0v) is 12.4. The van der Waals surface area contributed by atoms with Gasteiger partial charge < -0.3 is 13.3 Å². The molecule has 0 fully saturated rings. The predicted octanol–water partition coefficient (Wildman–Crippen LogP) is 3.31. The Kier molecular flexibility index (Phi) is 6.12. The van der Waals surface area contributed by atoms with E-state index in [1.54, 1.807) is 0 Å². The average molecular weight is 256 g/mol. The van der Waals surface area contributed by atoms with Crippen molar-refractivity contribution in [2.75, 3.05) is 19.8 Å². The second-order valence-electron chi connectivity index (χ2n) is 3.97. The molecule has 0 aromatic heterocycles. The van der Waals surface area contributed by atoms with Crippen molar-refractivity contribution < 1.29 is 13.3 Å². The van der Waals surface area contributed by atoms with Crippen LogP contribution in [-0.4, -0.2) is 28.6 Å². The van der Waals surface area contributed by atoms with Crippen molar-refractivity contribution >= 4 is 8.80 Å². The highest BCUT2D eigenvalue weighted by Crippen LogP contribution is 2.35. The molecule has 1 unspecified atom stereocenters. The Labute approximate surface area is 106 Å². The molecule has 0 heterocycles. The third-order valence-electron chi connectivity index (χ3n) is 2.87. The van der Waals surface area contributed by atoms with Crippen molar-refractivity contribution in [1.82, 2.24) is 0 Å². The van der Waals surface area contributed by atoms with Crippen LogP contribution in [0.15, 0.2) is 23.8 Å². The van der Waals surface area contributed by atoms with Gasteiger partial charge >= 0.3 is 8.80 Å². The molecule has 0 aromatic rings. The molecule has 3 nitrogen and oxygen atoms in total. The van der Waals surface area contributed by atoms with E-state index in [0.717, 1.165) is 6.42 Å². The lowest BCUT2D eigenvalue weighted by Gasteiger charge is -2.33. The maximum absolute atomic E-state index is 5.90. The van der Waals surface area contributed by atoms with Crippen LogP contribution in [0, 0.1) is 0 Å². The molecule has 1 aliphatic rings. The minimum atomic E-state index is -2.58. The summed E-state index contributed by atoms with van der Waals surface area (Å²) in [5.41, 5.74) is 1.49. The van der Waals surface area contributed by atoms with Gasteiger partial charge in [-0.25, -0.2) is 0 Å². The van der Waals surface area contributed by atoms with E-state index in [1.165, 1.54) is 5.57 Å². The number of hydrogen-bond donors (Lipinski definition) is 0. The van der Waals surface area contributed by atoms with Crippen LogP contribution >= 0.6 is 0 Å². The highest BCUT2D eigenvalue weighted by atomic mass is 28.4.